The summed E-state index contributed by atoms with van der Waals surface area (Å²) < 4.78 is 5.35. The molecule has 1 saturated heterocycles. The van der Waals surface area contributed by atoms with Crippen LogP contribution in [0.2, 0.25) is 0 Å². The van der Waals surface area contributed by atoms with Crippen LogP contribution < -0.4 is 0 Å². The number of imidazole rings is 1. The van der Waals surface area contributed by atoms with Gasteiger partial charge < -0.3 is 24.6 Å². The lowest BCUT2D eigenvalue weighted by molar-refractivity contribution is 0.0303. The molecule has 0 spiro atoms. The molecule has 9 nitrogen and oxygen atoms in total. The molecule has 0 bridgehead atoms. The Kier molecular flexibility index (Phi) is 6.40. The first-order valence-corrected chi connectivity index (χ1v) is 13.2. The first kappa shape index (κ1) is 25.2. The van der Waals surface area contributed by atoms with E-state index in [9.17, 15) is 14.7 Å². The Morgan fingerprint density at radius 2 is 1.79 bits per heavy atom. The zero-order valence-electron chi connectivity index (χ0n) is 22.1. The highest BCUT2D eigenvalue weighted by Gasteiger charge is 2.29. The van der Waals surface area contributed by atoms with Crippen LogP contribution in [0.3, 0.4) is 0 Å². The Balaban J connectivity index is 1.25. The number of nitrogens with one attached hydrogen (secondary N) is 1. The van der Waals surface area contributed by atoms with E-state index in [-0.39, 0.29) is 11.8 Å². The maximum absolute atomic E-state index is 12.9. The number of morpholine rings is 1. The first-order chi connectivity index (χ1) is 18.8. The monoisotopic (exact) mass is 525 g/mol. The molecule has 1 fully saturated rings. The van der Waals surface area contributed by atoms with Crippen LogP contribution in [0.4, 0.5) is 0 Å². The molecule has 4 aromatic rings. The highest BCUT2D eigenvalue weighted by atomic mass is 16.5. The summed E-state index contributed by atoms with van der Waals surface area (Å²) in [4.78, 5) is 41.9. The van der Waals surface area contributed by atoms with Crippen molar-refractivity contribution in [2.75, 3.05) is 32.8 Å². The number of amides is 2. The van der Waals surface area contributed by atoms with Crippen LogP contribution in [0.25, 0.3) is 33.7 Å². The smallest absolute Gasteiger partial charge is 0.254 e. The summed E-state index contributed by atoms with van der Waals surface area (Å²) in [6, 6.07) is 15.3. The number of aromatic amines is 1. The number of hydrogen-bond acceptors (Lipinski definition) is 6. The van der Waals surface area contributed by atoms with Crippen LogP contribution in [0.5, 0.6) is 0 Å². The van der Waals surface area contributed by atoms with E-state index in [0.29, 0.717) is 68.4 Å². The van der Waals surface area contributed by atoms with Crippen molar-refractivity contribution >= 4 is 23.0 Å². The second-order valence-electron chi connectivity index (χ2n) is 10.8. The largest absolute Gasteiger partial charge is 0.390 e. The minimum absolute atomic E-state index is 0.0000467. The number of aliphatic hydroxyl groups is 1. The number of pyridine rings is 1. The van der Waals surface area contributed by atoms with E-state index in [1.54, 1.807) is 24.9 Å². The zero-order valence-corrected chi connectivity index (χ0v) is 22.1. The number of rotatable bonds is 6. The number of nitrogens with zero attached hydrogens (tertiary/aromatic N) is 4. The van der Waals surface area contributed by atoms with Crippen molar-refractivity contribution in [2.24, 2.45) is 0 Å². The third-order valence-electron chi connectivity index (χ3n) is 7.38. The molecule has 2 aromatic heterocycles. The molecular weight excluding hydrogens is 494 g/mol. The number of H-pyrrole nitrogens is 1. The normalized spacial score (nSPS) is 15.7. The molecule has 2 aromatic carbocycles. The topological polar surface area (TPSA) is 112 Å². The highest BCUT2D eigenvalue weighted by molar-refractivity contribution is 6.00. The number of ether oxygens (including phenoxy) is 1. The van der Waals surface area contributed by atoms with Gasteiger partial charge in [0.2, 0.25) is 0 Å². The zero-order chi connectivity index (χ0) is 27.1. The van der Waals surface area contributed by atoms with E-state index in [1.807, 2.05) is 47.4 Å². The SMILES string of the molecule is CC(C)(O)CCN1Cc2cc(-c3ccnc4nc(-c5ccc(C(=O)N6CCOCC6)cc5)[nH]c34)ccc2C1=O. The summed E-state index contributed by atoms with van der Waals surface area (Å²) in [5, 5.41) is 10.1. The number of fused-ring (bicyclic) bond motifs is 2. The quantitative estimate of drug-likeness (QED) is 0.395. The molecule has 9 heteroatoms. The molecule has 4 heterocycles. The predicted octanol–water partition coefficient (Wildman–Crippen LogP) is 3.88. The molecule has 6 rings (SSSR count). The molecule has 2 aliphatic rings. The third-order valence-corrected chi connectivity index (χ3v) is 7.38. The first-order valence-electron chi connectivity index (χ1n) is 13.2. The molecule has 0 atom stereocenters. The number of aromatic nitrogens is 3. The molecule has 0 radical (unpaired) electrons. The molecule has 0 unspecified atom stereocenters. The van der Waals surface area contributed by atoms with Gasteiger partial charge >= 0.3 is 0 Å². The van der Waals surface area contributed by atoms with Gasteiger partial charge in [-0.25, -0.2) is 9.97 Å². The van der Waals surface area contributed by atoms with E-state index < -0.39 is 5.60 Å². The fourth-order valence-corrected chi connectivity index (χ4v) is 5.15. The van der Waals surface area contributed by atoms with Crippen molar-refractivity contribution < 1.29 is 19.4 Å². The minimum atomic E-state index is -0.820. The number of carbonyl (C=O) groups excluding carboxylic acids is 2. The van der Waals surface area contributed by atoms with Crippen LogP contribution >= 0.6 is 0 Å². The predicted molar refractivity (Wildman–Crippen MR) is 147 cm³/mol. The summed E-state index contributed by atoms with van der Waals surface area (Å²) in [5.41, 5.74) is 5.68. The van der Waals surface area contributed by atoms with Crippen molar-refractivity contribution in [2.45, 2.75) is 32.4 Å². The second kappa shape index (κ2) is 9.91. The Bertz CT molecular complexity index is 1550. The van der Waals surface area contributed by atoms with Crippen LogP contribution in [-0.4, -0.2) is 80.1 Å². The Labute approximate surface area is 226 Å². The maximum Gasteiger partial charge on any atom is 0.254 e. The Hall–Kier alpha value is -4.08. The lowest BCUT2D eigenvalue weighted by Crippen LogP contribution is -2.40. The lowest BCUT2D eigenvalue weighted by Gasteiger charge is -2.26. The van der Waals surface area contributed by atoms with Crippen molar-refractivity contribution in [3.8, 4) is 22.5 Å². The van der Waals surface area contributed by atoms with Crippen LogP contribution in [0.1, 0.15) is 46.5 Å². The number of benzene rings is 2. The van der Waals surface area contributed by atoms with Gasteiger partial charge in [0.1, 0.15) is 5.82 Å². The van der Waals surface area contributed by atoms with Gasteiger partial charge in [-0.1, -0.05) is 18.2 Å². The van der Waals surface area contributed by atoms with Gasteiger partial charge in [-0.3, -0.25) is 9.59 Å². The van der Waals surface area contributed by atoms with E-state index in [2.05, 4.69) is 16.0 Å². The maximum atomic E-state index is 12.9. The minimum Gasteiger partial charge on any atom is -0.390 e. The van der Waals surface area contributed by atoms with Gasteiger partial charge in [-0.05, 0) is 61.7 Å². The van der Waals surface area contributed by atoms with E-state index in [0.717, 1.165) is 27.8 Å². The molecule has 2 aliphatic heterocycles. The van der Waals surface area contributed by atoms with Gasteiger partial charge in [0, 0.05) is 54.6 Å². The van der Waals surface area contributed by atoms with Gasteiger partial charge in [0.05, 0.1) is 24.3 Å². The number of hydrogen-bond donors (Lipinski definition) is 2. The molecule has 39 heavy (non-hydrogen) atoms. The van der Waals surface area contributed by atoms with Crippen molar-refractivity contribution in [1.29, 1.82) is 0 Å². The average Bonchev–Trinajstić information content (AvgIpc) is 3.52. The summed E-state index contributed by atoms with van der Waals surface area (Å²) in [6.45, 7) is 6.89. The van der Waals surface area contributed by atoms with Crippen LogP contribution in [-0.2, 0) is 11.3 Å². The van der Waals surface area contributed by atoms with Crippen molar-refractivity contribution in [3.05, 3.63) is 71.4 Å². The molecule has 200 valence electrons. The van der Waals surface area contributed by atoms with E-state index in [4.69, 9.17) is 9.72 Å². The van der Waals surface area contributed by atoms with E-state index >= 15 is 0 Å². The molecular formula is C30H31N5O4. The standard InChI is InChI=1S/C30H31N5O4/c1-30(2,38)10-12-35-18-22-17-21(7-8-24(22)29(35)37)23-9-11-31-27-25(23)32-26(33-27)19-3-5-20(6-4-19)28(36)34-13-15-39-16-14-34/h3-9,11,17,38H,10,12-16,18H2,1-2H3,(H,31,32,33). The Morgan fingerprint density at radius 3 is 2.54 bits per heavy atom. The molecule has 0 aliphatic carbocycles. The van der Waals surface area contributed by atoms with E-state index in [1.165, 1.54) is 0 Å². The van der Waals surface area contributed by atoms with Gasteiger partial charge in [-0.15, -0.1) is 0 Å². The fraction of sp³-hybridized carbons (Fsp3) is 0.333. The van der Waals surface area contributed by atoms with Gasteiger partial charge in [0.25, 0.3) is 11.8 Å². The summed E-state index contributed by atoms with van der Waals surface area (Å²) in [6.07, 6.45) is 2.25. The summed E-state index contributed by atoms with van der Waals surface area (Å²) >= 11 is 0. The van der Waals surface area contributed by atoms with Crippen molar-refractivity contribution in [3.63, 3.8) is 0 Å². The summed E-state index contributed by atoms with van der Waals surface area (Å²) in [5.74, 6) is 0.677. The fourth-order valence-electron chi connectivity index (χ4n) is 5.15. The Morgan fingerprint density at radius 1 is 1.05 bits per heavy atom. The third kappa shape index (κ3) is 5.03. The lowest BCUT2D eigenvalue weighted by atomic mass is 10.0. The average molecular weight is 526 g/mol. The molecule has 2 N–H and O–H groups in total. The van der Waals surface area contributed by atoms with Crippen LogP contribution in [0.15, 0.2) is 54.7 Å². The molecule has 0 saturated carbocycles. The summed E-state index contributed by atoms with van der Waals surface area (Å²) in [7, 11) is 0. The number of carbonyl (C=O) groups is 2. The highest BCUT2D eigenvalue weighted by Crippen LogP contribution is 2.33. The van der Waals surface area contributed by atoms with Crippen molar-refractivity contribution in [1.82, 2.24) is 24.8 Å². The van der Waals surface area contributed by atoms with Crippen LogP contribution in [0, 0.1) is 0 Å². The van der Waals surface area contributed by atoms with Gasteiger partial charge in [-0.2, -0.15) is 0 Å². The molecule has 2 amide bonds. The second-order valence-corrected chi connectivity index (χ2v) is 10.8. The van der Waals surface area contributed by atoms with Gasteiger partial charge in [0.15, 0.2) is 5.65 Å².